The predicted molar refractivity (Wildman–Crippen MR) is 450 cm³/mol. The summed E-state index contributed by atoms with van der Waals surface area (Å²) in [4.78, 5) is 243. The normalized spacial score (nSPS) is 21.3. The van der Waals surface area contributed by atoms with Gasteiger partial charge in [0.15, 0.2) is 23.3 Å². The molecule has 0 bridgehead atoms. The number of esters is 1. The molecule has 2 heterocycles. The quantitative estimate of drug-likeness (QED) is 0.0186. The number of Topliss-reactive ketones (excluding diaryl/α,β-unsaturated/α-hetero) is 3. The molecule has 123 heavy (non-hydrogen) atoms. The lowest BCUT2D eigenvalue weighted by molar-refractivity contribution is -0.188. The Kier molecular flexibility index (Phi) is 43.9. The van der Waals surface area contributed by atoms with Gasteiger partial charge in [-0.25, -0.2) is 24.0 Å². The first-order valence-electron chi connectivity index (χ1n) is 42.5. The van der Waals surface area contributed by atoms with E-state index in [0.717, 1.165) is 33.1 Å². The Hall–Kier alpha value is -10.3. The highest BCUT2D eigenvalue weighted by Crippen LogP contribution is 2.29. The van der Waals surface area contributed by atoms with E-state index in [1.54, 1.807) is 148 Å². The maximum absolute atomic E-state index is 15.5. The Morgan fingerprint density at radius 3 is 1.40 bits per heavy atom. The van der Waals surface area contributed by atoms with Crippen LogP contribution in [-0.4, -0.2) is 239 Å². The van der Waals surface area contributed by atoms with Gasteiger partial charge in [0, 0.05) is 76.8 Å². The lowest BCUT2D eigenvalue weighted by atomic mass is 9.89. The van der Waals surface area contributed by atoms with Crippen molar-refractivity contribution >= 4 is 101 Å². The number of ketones is 3. The third-order valence-corrected chi connectivity index (χ3v) is 18.9. The standard InChI is InChI=1S/C85H139N13O25/c1-21-22-23-27-30-64-65(75(112)118-64)73(110)94-57(35-41-90-79(116)122-84(15,16)17)63(103)47-54(49(4)99)69(106)92-55(33-39-88-77(114)120-82(9,10)11)61(101)45-52-31-37-86-74(111)66(50(5)100)98-68(105)53(32-38-87-76(113)119-81(6,7)8)46-62(102)56(34-40-89-78(115)121-83(12,13)14)93-71(108)59(43-48(2)3)96-72(109)60(44-51-28-25-24-26-29-51)97-70(107)58(95-67(52)104)36-42-91-80(117)123-85(18,19)20/h24-26,28-29,48-50,52-60,64-66,99-100H,21-23,27,30-47H2,1-20H3,(H,86,111)(H,87,113)(H,88,114)(H,89,115)(H,90,116)(H,91,117)(H,92,106)(H,93,108)(H,94,110)(H,95,104)(H,96,109)(H,97,107)(H,98,105)/t49?,50?,52-,53-,54+,55+,56+,57+,58+,59+,60-,64?,65?,66+/m1/s1. The fourth-order valence-corrected chi connectivity index (χ4v) is 12.9. The second-order valence-electron chi connectivity index (χ2n) is 36.6. The average molecular weight is 1740 g/mol. The fraction of sp³-hybridized carbons (Fsp3) is 0.729. The Balaban J connectivity index is 2.39. The molecule has 0 radical (unpaired) electrons. The van der Waals surface area contributed by atoms with E-state index in [0.29, 0.717) is 18.4 Å². The lowest BCUT2D eigenvalue weighted by Gasteiger charge is -2.35. The molecule has 2 fully saturated rings. The number of unbranched alkanes of at least 4 members (excludes halogenated alkanes) is 3. The number of hydrogen-bond acceptors (Lipinski definition) is 25. The Labute approximate surface area is 721 Å². The predicted octanol–water partition coefficient (Wildman–Crippen LogP) is 4.76. The molecule has 38 heteroatoms. The number of amides is 13. The minimum absolute atomic E-state index is 0.105. The van der Waals surface area contributed by atoms with Crippen LogP contribution in [0.1, 0.15) is 240 Å². The van der Waals surface area contributed by atoms with Crippen molar-refractivity contribution in [2.45, 2.75) is 330 Å². The highest BCUT2D eigenvalue weighted by atomic mass is 16.6. The summed E-state index contributed by atoms with van der Waals surface area (Å²) in [5, 5.41) is 56.4. The molecule has 2 aliphatic rings. The van der Waals surface area contributed by atoms with E-state index >= 15 is 19.2 Å². The molecule has 4 unspecified atom stereocenters. The van der Waals surface area contributed by atoms with Gasteiger partial charge in [-0.15, -0.1) is 0 Å². The SMILES string of the molecule is CCCCCCC1OC(=O)C1C(=O)N[C@@H](CCNC(=O)OC(C)(C)C)C(=O)C[C@H](C(=O)N[C@@H](CCNC(=O)OC(C)(C)C)C(=O)C[C@H]1CCNC(=O)[C@H](C(C)O)NC(=O)[C@H](CCNC(=O)OC(C)(C)C)CC(=O)[C@H](CCNC(=O)OC(C)(C)C)NC(=O)[C@H](CC(C)C)NC(=O)[C@@H](Cc2ccccc2)NC(=O)[C@H](CCNC(=O)OC(C)(C)C)NC1=O)C(C)O. The average Bonchev–Trinajstić information content (AvgIpc) is 0.912. The van der Waals surface area contributed by atoms with Crippen LogP contribution in [0.25, 0.3) is 0 Å². The molecule has 15 N–H and O–H groups in total. The molecular formula is C85H139N13O25. The molecule has 13 amide bonds. The zero-order valence-electron chi connectivity index (χ0n) is 75.4. The number of rotatable bonds is 36. The lowest BCUT2D eigenvalue weighted by Crippen LogP contribution is -2.59. The van der Waals surface area contributed by atoms with E-state index in [1.165, 1.54) is 0 Å². The van der Waals surface area contributed by atoms with Crippen molar-refractivity contribution in [3.8, 4) is 0 Å². The second-order valence-corrected chi connectivity index (χ2v) is 36.6. The smallest absolute Gasteiger partial charge is 0.407 e. The van der Waals surface area contributed by atoms with E-state index in [2.05, 4.69) is 69.1 Å². The number of cyclic esters (lactones) is 1. The number of benzene rings is 1. The van der Waals surface area contributed by atoms with Gasteiger partial charge in [-0.3, -0.25) is 57.5 Å². The number of carbonyl (C=O) groups excluding carboxylic acids is 17. The first-order valence-corrected chi connectivity index (χ1v) is 42.5. The van der Waals surface area contributed by atoms with E-state index < -0.39 is 271 Å². The van der Waals surface area contributed by atoms with E-state index in [1.807, 2.05) is 6.92 Å². The van der Waals surface area contributed by atoms with Gasteiger partial charge in [-0.05, 0) is 187 Å². The number of aliphatic hydroxyl groups excluding tert-OH is 2. The second kappa shape index (κ2) is 50.5. The van der Waals surface area contributed by atoms with E-state index in [9.17, 15) is 72.5 Å². The highest BCUT2D eigenvalue weighted by molar-refractivity contribution is 6.04. The third-order valence-electron chi connectivity index (χ3n) is 18.9. The maximum atomic E-state index is 15.5. The summed E-state index contributed by atoms with van der Waals surface area (Å²) in [5.41, 5.74) is -4.49. The molecule has 14 atom stereocenters. The number of aliphatic hydroxyl groups is 2. The molecular weight excluding hydrogens is 1600 g/mol. The summed E-state index contributed by atoms with van der Waals surface area (Å²) in [6.45, 7) is 29.4. The highest BCUT2D eigenvalue weighted by Gasteiger charge is 2.49. The van der Waals surface area contributed by atoms with Gasteiger partial charge in [0.1, 0.15) is 58.3 Å². The minimum Gasteiger partial charge on any atom is -0.460 e. The van der Waals surface area contributed by atoms with Crippen molar-refractivity contribution in [2.75, 3.05) is 39.3 Å². The van der Waals surface area contributed by atoms with Gasteiger partial charge in [0.25, 0.3) is 0 Å². The molecule has 38 nitrogen and oxygen atoms in total. The van der Waals surface area contributed by atoms with Crippen molar-refractivity contribution in [1.29, 1.82) is 0 Å². The van der Waals surface area contributed by atoms with Crippen molar-refractivity contribution < 1.29 is 120 Å². The molecule has 1 aromatic carbocycles. The van der Waals surface area contributed by atoms with E-state index in [4.69, 9.17) is 28.4 Å². The van der Waals surface area contributed by atoms with Crippen molar-refractivity contribution in [1.82, 2.24) is 69.1 Å². The van der Waals surface area contributed by atoms with Crippen LogP contribution in [0.3, 0.4) is 0 Å². The third kappa shape index (κ3) is 43.1. The number of carbonyl (C=O) groups is 17. The van der Waals surface area contributed by atoms with Gasteiger partial charge < -0.3 is 108 Å². The van der Waals surface area contributed by atoms with Gasteiger partial charge in [-0.1, -0.05) is 70.4 Å². The van der Waals surface area contributed by atoms with Crippen molar-refractivity contribution in [3.63, 3.8) is 0 Å². The van der Waals surface area contributed by atoms with Crippen molar-refractivity contribution in [3.05, 3.63) is 35.9 Å². The first-order chi connectivity index (χ1) is 57.0. The zero-order valence-corrected chi connectivity index (χ0v) is 75.4. The van der Waals surface area contributed by atoms with Crippen LogP contribution in [0.2, 0.25) is 0 Å². The molecule has 694 valence electrons. The summed E-state index contributed by atoms with van der Waals surface area (Å²) in [7, 11) is 0. The molecule has 1 aromatic rings. The molecule has 0 aromatic heterocycles. The molecule has 0 spiro atoms. The topological polar surface area (TPSA) is 542 Å². The number of alkyl carbamates (subject to hydrolysis) is 5. The van der Waals surface area contributed by atoms with Crippen molar-refractivity contribution in [2.24, 2.45) is 29.6 Å². The van der Waals surface area contributed by atoms with Crippen LogP contribution in [0.4, 0.5) is 24.0 Å². The van der Waals surface area contributed by atoms with Crippen LogP contribution in [0.5, 0.6) is 0 Å². The Morgan fingerprint density at radius 2 is 0.927 bits per heavy atom. The Bertz CT molecular complexity index is 3730. The number of hydrogen-bond donors (Lipinski definition) is 15. The summed E-state index contributed by atoms with van der Waals surface area (Å²) < 4.78 is 32.4. The molecule has 0 aliphatic carbocycles. The largest absolute Gasteiger partial charge is 0.460 e. The maximum Gasteiger partial charge on any atom is 0.407 e. The molecule has 0 saturated carbocycles. The van der Waals surface area contributed by atoms with Crippen LogP contribution >= 0.6 is 0 Å². The first kappa shape index (κ1) is 107. The van der Waals surface area contributed by atoms with Crippen LogP contribution in [0, 0.1) is 29.6 Å². The summed E-state index contributed by atoms with van der Waals surface area (Å²) >= 11 is 0. The van der Waals surface area contributed by atoms with Gasteiger partial charge in [-0.2, -0.15) is 0 Å². The summed E-state index contributed by atoms with van der Waals surface area (Å²) in [5.74, 6) is -18.5. The van der Waals surface area contributed by atoms with Crippen LogP contribution in [0.15, 0.2) is 30.3 Å². The minimum atomic E-state index is -1.88. The van der Waals surface area contributed by atoms with E-state index in [-0.39, 0.29) is 57.7 Å². The molecule has 2 aliphatic heterocycles. The number of ether oxygens (including phenoxy) is 6. The fourth-order valence-electron chi connectivity index (χ4n) is 12.9. The Morgan fingerprint density at radius 1 is 0.488 bits per heavy atom. The summed E-state index contributed by atoms with van der Waals surface area (Å²) in [6.07, 6.45) is -10.8. The summed E-state index contributed by atoms with van der Waals surface area (Å²) in [6, 6.07) is -3.36. The van der Waals surface area contributed by atoms with Gasteiger partial charge >= 0.3 is 36.4 Å². The molecule has 2 saturated heterocycles. The zero-order chi connectivity index (χ0) is 93.1. The number of nitrogens with one attached hydrogen (secondary N) is 13. The van der Waals surface area contributed by atoms with Gasteiger partial charge in [0.2, 0.25) is 47.3 Å². The van der Waals surface area contributed by atoms with Gasteiger partial charge in [0.05, 0.1) is 36.3 Å². The molecule has 3 rings (SSSR count). The van der Waals surface area contributed by atoms with Crippen LogP contribution < -0.4 is 69.1 Å². The van der Waals surface area contributed by atoms with Crippen LogP contribution in [-0.2, 0) is 92.4 Å². The monoisotopic (exact) mass is 1740 g/mol.